The van der Waals surface area contributed by atoms with E-state index in [1.54, 1.807) is 14.2 Å². The second-order valence-electron chi connectivity index (χ2n) is 6.14. The van der Waals surface area contributed by atoms with E-state index in [4.69, 9.17) is 9.47 Å². The maximum Gasteiger partial charge on any atom is 0.161 e. The first-order chi connectivity index (χ1) is 9.93. The minimum atomic E-state index is 0.280. The van der Waals surface area contributed by atoms with Gasteiger partial charge >= 0.3 is 0 Å². The summed E-state index contributed by atoms with van der Waals surface area (Å²) in [4.78, 5) is 0. The van der Waals surface area contributed by atoms with Gasteiger partial charge in [0.2, 0.25) is 0 Å². The lowest BCUT2D eigenvalue weighted by Gasteiger charge is -2.25. The molecule has 0 saturated carbocycles. The van der Waals surface area contributed by atoms with E-state index < -0.39 is 0 Å². The molecule has 0 fully saturated rings. The number of rotatable bonds is 9. The van der Waals surface area contributed by atoms with Crippen LogP contribution in [0.2, 0.25) is 0 Å². The largest absolute Gasteiger partial charge is 0.493 e. The van der Waals surface area contributed by atoms with Gasteiger partial charge in [0.1, 0.15) is 0 Å². The Kier molecular flexibility index (Phi) is 7.53. The Bertz CT molecular complexity index is 447. The zero-order valence-electron chi connectivity index (χ0n) is 13.9. The molecule has 0 bridgehead atoms. The van der Waals surface area contributed by atoms with E-state index in [0.29, 0.717) is 0 Å². The van der Waals surface area contributed by atoms with Crippen LogP contribution in [0.5, 0.6) is 11.5 Å². The molecule has 1 N–H and O–H groups in total. The van der Waals surface area contributed by atoms with Crippen LogP contribution in [0.3, 0.4) is 0 Å². The summed E-state index contributed by atoms with van der Waals surface area (Å²) in [5.41, 5.74) is 1.54. The normalized spacial score (nSPS) is 11.5. The molecule has 0 amide bonds. The van der Waals surface area contributed by atoms with Gasteiger partial charge < -0.3 is 14.8 Å². The molecule has 0 aliphatic rings. The van der Waals surface area contributed by atoms with E-state index in [2.05, 4.69) is 48.1 Å². The lowest BCUT2D eigenvalue weighted by atomic mass is 9.86. The van der Waals surface area contributed by atoms with E-state index in [1.165, 1.54) is 12.0 Å². The molecular formula is C17H28BrNO2. The van der Waals surface area contributed by atoms with Crippen molar-refractivity contribution in [3.63, 3.8) is 0 Å². The van der Waals surface area contributed by atoms with Crippen LogP contribution in [-0.2, 0) is 6.42 Å². The molecule has 1 aromatic rings. The number of hydrogen-bond donors (Lipinski definition) is 1. The van der Waals surface area contributed by atoms with E-state index >= 15 is 0 Å². The molecule has 0 heterocycles. The molecule has 120 valence electrons. The minimum Gasteiger partial charge on any atom is -0.493 e. The van der Waals surface area contributed by atoms with Gasteiger partial charge in [-0.15, -0.1) is 0 Å². The highest BCUT2D eigenvalue weighted by atomic mass is 79.9. The summed E-state index contributed by atoms with van der Waals surface area (Å²) in [6.45, 7) is 8.95. The van der Waals surface area contributed by atoms with Crippen LogP contribution in [0.15, 0.2) is 16.6 Å². The molecule has 1 rings (SSSR count). The van der Waals surface area contributed by atoms with Crippen molar-refractivity contribution in [2.24, 2.45) is 5.41 Å². The molecule has 1 aromatic carbocycles. The first-order valence-corrected chi connectivity index (χ1v) is 8.34. The summed E-state index contributed by atoms with van der Waals surface area (Å²) in [6, 6.07) is 4.05. The van der Waals surface area contributed by atoms with Crippen molar-refractivity contribution < 1.29 is 9.47 Å². The van der Waals surface area contributed by atoms with Crippen LogP contribution in [-0.4, -0.2) is 27.3 Å². The van der Waals surface area contributed by atoms with E-state index in [-0.39, 0.29) is 5.41 Å². The minimum absolute atomic E-state index is 0.280. The van der Waals surface area contributed by atoms with Crippen LogP contribution in [0, 0.1) is 5.41 Å². The van der Waals surface area contributed by atoms with Gasteiger partial charge in [0.15, 0.2) is 11.5 Å². The van der Waals surface area contributed by atoms with Crippen molar-refractivity contribution in [1.29, 1.82) is 0 Å². The van der Waals surface area contributed by atoms with Gasteiger partial charge in [0.25, 0.3) is 0 Å². The number of nitrogens with one attached hydrogen (secondary N) is 1. The number of methoxy groups -OCH3 is 2. The summed E-state index contributed by atoms with van der Waals surface area (Å²) in [7, 11) is 3.33. The third-order valence-corrected chi connectivity index (χ3v) is 4.39. The summed E-state index contributed by atoms with van der Waals surface area (Å²) >= 11 is 3.63. The highest BCUT2D eigenvalue weighted by Gasteiger charge is 2.18. The Hall–Kier alpha value is -0.740. The lowest BCUT2D eigenvalue weighted by Crippen LogP contribution is -2.30. The van der Waals surface area contributed by atoms with Gasteiger partial charge in [0.05, 0.1) is 14.2 Å². The van der Waals surface area contributed by atoms with Gasteiger partial charge in [-0.25, -0.2) is 0 Å². The predicted molar refractivity (Wildman–Crippen MR) is 92.5 cm³/mol. The molecule has 0 aromatic heterocycles. The van der Waals surface area contributed by atoms with Crippen molar-refractivity contribution in [3.8, 4) is 11.5 Å². The zero-order valence-corrected chi connectivity index (χ0v) is 15.5. The number of aryl methyl sites for hydroxylation is 1. The molecular weight excluding hydrogens is 330 g/mol. The fourth-order valence-corrected chi connectivity index (χ4v) is 2.77. The smallest absolute Gasteiger partial charge is 0.161 e. The first-order valence-electron chi connectivity index (χ1n) is 7.54. The first kappa shape index (κ1) is 18.3. The van der Waals surface area contributed by atoms with Crippen molar-refractivity contribution in [1.82, 2.24) is 5.32 Å². The molecule has 0 saturated heterocycles. The Labute approximate surface area is 137 Å². The Morgan fingerprint density at radius 1 is 1.14 bits per heavy atom. The third kappa shape index (κ3) is 5.87. The molecule has 0 spiro atoms. The molecule has 0 radical (unpaired) electrons. The SMILES string of the molecule is CCCNCC(C)(C)CCc1cc(OC)c(OC)cc1Br. The number of benzene rings is 1. The second-order valence-corrected chi connectivity index (χ2v) is 6.99. The fraction of sp³-hybridized carbons (Fsp3) is 0.647. The van der Waals surface area contributed by atoms with Gasteiger partial charge in [0, 0.05) is 11.0 Å². The van der Waals surface area contributed by atoms with Gasteiger partial charge in [-0.2, -0.15) is 0 Å². The average Bonchev–Trinajstić information content (AvgIpc) is 2.45. The van der Waals surface area contributed by atoms with Crippen LogP contribution in [0.4, 0.5) is 0 Å². The highest BCUT2D eigenvalue weighted by Crippen LogP contribution is 2.35. The van der Waals surface area contributed by atoms with Crippen molar-refractivity contribution in [2.45, 2.75) is 40.0 Å². The van der Waals surface area contributed by atoms with Crippen LogP contribution in [0.25, 0.3) is 0 Å². The third-order valence-electron chi connectivity index (χ3n) is 3.65. The highest BCUT2D eigenvalue weighted by molar-refractivity contribution is 9.10. The number of halogens is 1. The summed E-state index contributed by atoms with van der Waals surface area (Å²) in [5, 5.41) is 3.51. The molecule has 0 aliphatic carbocycles. The van der Waals surface area contributed by atoms with Crippen molar-refractivity contribution >= 4 is 15.9 Å². The van der Waals surface area contributed by atoms with Crippen LogP contribution < -0.4 is 14.8 Å². The summed E-state index contributed by atoms with van der Waals surface area (Å²) in [6.07, 6.45) is 3.32. The van der Waals surface area contributed by atoms with E-state index in [1.807, 2.05) is 6.07 Å². The van der Waals surface area contributed by atoms with Crippen molar-refractivity contribution in [2.75, 3.05) is 27.3 Å². The zero-order chi connectivity index (χ0) is 15.9. The Morgan fingerprint density at radius 3 is 2.33 bits per heavy atom. The Morgan fingerprint density at radius 2 is 1.76 bits per heavy atom. The van der Waals surface area contributed by atoms with E-state index in [9.17, 15) is 0 Å². The summed E-state index contributed by atoms with van der Waals surface area (Å²) < 4.78 is 11.8. The lowest BCUT2D eigenvalue weighted by molar-refractivity contribution is 0.314. The summed E-state index contributed by atoms with van der Waals surface area (Å²) in [5.74, 6) is 1.55. The average molecular weight is 358 g/mol. The maximum absolute atomic E-state index is 5.39. The molecule has 4 heteroatoms. The monoisotopic (exact) mass is 357 g/mol. The predicted octanol–water partition coefficient (Wildman–Crippen LogP) is 4.42. The maximum atomic E-state index is 5.39. The molecule has 0 unspecified atom stereocenters. The van der Waals surface area contributed by atoms with Gasteiger partial charge in [-0.1, -0.05) is 36.7 Å². The second kappa shape index (κ2) is 8.64. The van der Waals surface area contributed by atoms with Gasteiger partial charge in [-0.3, -0.25) is 0 Å². The van der Waals surface area contributed by atoms with Gasteiger partial charge in [-0.05, 0) is 48.9 Å². The fourth-order valence-electron chi connectivity index (χ4n) is 2.25. The number of ether oxygens (including phenoxy) is 2. The molecule has 0 aliphatic heterocycles. The topological polar surface area (TPSA) is 30.5 Å². The molecule has 0 atom stereocenters. The molecule has 21 heavy (non-hydrogen) atoms. The quantitative estimate of drug-likeness (QED) is 0.663. The standard InChI is InChI=1S/C17H28BrNO2/c1-6-9-19-12-17(2,3)8-7-13-10-15(20-4)16(21-5)11-14(13)18/h10-11,19H,6-9,12H2,1-5H3. The Balaban J connectivity index is 2.70. The van der Waals surface area contributed by atoms with E-state index in [0.717, 1.165) is 41.9 Å². The van der Waals surface area contributed by atoms with Crippen LogP contribution >= 0.6 is 15.9 Å². The van der Waals surface area contributed by atoms with Crippen molar-refractivity contribution in [3.05, 3.63) is 22.2 Å². The number of hydrogen-bond acceptors (Lipinski definition) is 3. The van der Waals surface area contributed by atoms with Crippen LogP contribution in [0.1, 0.15) is 39.2 Å². The molecule has 3 nitrogen and oxygen atoms in total.